The number of piperidine rings is 1. The summed E-state index contributed by atoms with van der Waals surface area (Å²) in [5.41, 5.74) is 3.55. The highest BCUT2D eigenvalue weighted by atomic mass is 16.5. The van der Waals surface area contributed by atoms with Gasteiger partial charge in [0.25, 0.3) is 5.91 Å². The molecule has 1 saturated heterocycles. The van der Waals surface area contributed by atoms with Crippen LogP contribution in [-0.4, -0.2) is 55.6 Å². The molecule has 28 heavy (non-hydrogen) atoms. The van der Waals surface area contributed by atoms with E-state index in [1.807, 2.05) is 11.0 Å². The molecule has 2 aromatic rings. The summed E-state index contributed by atoms with van der Waals surface area (Å²) >= 11 is 0. The van der Waals surface area contributed by atoms with Crippen LogP contribution in [0.3, 0.4) is 0 Å². The lowest BCUT2D eigenvalue weighted by atomic mass is 9.95. The van der Waals surface area contributed by atoms with Gasteiger partial charge in [-0.2, -0.15) is 0 Å². The van der Waals surface area contributed by atoms with E-state index in [-0.39, 0.29) is 5.91 Å². The Morgan fingerprint density at radius 1 is 1.00 bits per heavy atom. The van der Waals surface area contributed by atoms with Gasteiger partial charge in [0.1, 0.15) is 0 Å². The van der Waals surface area contributed by atoms with E-state index >= 15 is 0 Å². The zero-order valence-electron chi connectivity index (χ0n) is 16.7. The molecule has 0 aliphatic carbocycles. The molecule has 5 heteroatoms. The highest BCUT2D eigenvalue weighted by Gasteiger charge is 2.30. The Hall–Kier alpha value is -2.53. The highest BCUT2D eigenvalue weighted by molar-refractivity contribution is 5.95. The third-order valence-corrected chi connectivity index (χ3v) is 5.99. The molecule has 0 radical (unpaired) electrons. The van der Waals surface area contributed by atoms with E-state index in [1.54, 1.807) is 26.4 Å². The summed E-state index contributed by atoms with van der Waals surface area (Å²) in [6, 6.07) is 14.5. The zero-order chi connectivity index (χ0) is 19.5. The smallest absolute Gasteiger partial charge is 0.254 e. The molecule has 148 valence electrons. The first-order valence-corrected chi connectivity index (χ1v) is 10.0. The fourth-order valence-electron chi connectivity index (χ4n) is 4.42. The van der Waals surface area contributed by atoms with Crippen molar-refractivity contribution in [3.05, 3.63) is 59.2 Å². The SMILES string of the molecule is COc1ccc(C(=O)N2CCC[C@@H](N3CCc4ccccc4C3)C2)cc1OC. The second-order valence-electron chi connectivity index (χ2n) is 7.61. The van der Waals surface area contributed by atoms with Gasteiger partial charge in [-0.3, -0.25) is 9.69 Å². The van der Waals surface area contributed by atoms with E-state index in [1.165, 1.54) is 11.1 Å². The van der Waals surface area contributed by atoms with Crippen LogP contribution in [0.25, 0.3) is 0 Å². The van der Waals surface area contributed by atoms with E-state index in [2.05, 4.69) is 29.2 Å². The van der Waals surface area contributed by atoms with Crippen molar-refractivity contribution in [2.45, 2.75) is 31.8 Å². The fourth-order valence-corrected chi connectivity index (χ4v) is 4.42. The van der Waals surface area contributed by atoms with Gasteiger partial charge in [0.15, 0.2) is 11.5 Å². The number of hydrogen-bond donors (Lipinski definition) is 0. The number of methoxy groups -OCH3 is 2. The van der Waals surface area contributed by atoms with Gasteiger partial charge >= 0.3 is 0 Å². The maximum absolute atomic E-state index is 13.1. The van der Waals surface area contributed by atoms with Crippen LogP contribution in [0.15, 0.2) is 42.5 Å². The Balaban J connectivity index is 1.46. The van der Waals surface area contributed by atoms with Crippen LogP contribution >= 0.6 is 0 Å². The Bertz CT molecular complexity index is 851. The summed E-state index contributed by atoms with van der Waals surface area (Å²) in [4.78, 5) is 17.7. The first-order valence-electron chi connectivity index (χ1n) is 10.0. The van der Waals surface area contributed by atoms with E-state index in [0.717, 1.165) is 45.4 Å². The molecular weight excluding hydrogens is 352 g/mol. The zero-order valence-corrected chi connectivity index (χ0v) is 16.7. The Labute approximate surface area is 166 Å². The van der Waals surface area contributed by atoms with Crippen LogP contribution in [-0.2, 0) is 13.0 Å². The molecule has 2 aliphatic rings. The van der Waals surface area contributed by atoms with Crippen LogP contribution in [0.1, 0.15) is 34.3 Å². The number of ether oxygens (including phenoxy) is 2. The van der Waals surface area contributed by atoms with Crippen molar-refractivity contribution < 1.29 is 14.3 Å². The molecule has 2 heterocycles. The van der Waals surface area contributed by atoms with E-state index in [0.29, 0.717) is 23.1 Å². The third-order valence-electron chi connectivity index (χ3n) is 5.99. The third kappa shape index (κ3) is 3.72. The van der Waals surface area contributed by atoms with Crippen molar-refractivity contribution >= 4 is 5.91 Å². The average molecular weight is 380 g/mol. The number of carbonyl (C=O) groups excluding carboxylic acids is 1. The number of carbonyl (C=O) groups is 1. The van der Waals surface area contributed by atoms with E-state index in [9.17, 15) is 4.79 Å². The van der Waals surface area contributed by atoms with Gasteiger partial charge in [0.2, 0.25) is 0 Å². The predicted molar refractivity (Wildman–Crippen MR) is 109 cm³/mol. The lowest BCUT2D eigenvalue weighted by Crippen LogP contribution is -2.51. The van der Waals surface area contributed by atoms with Gasteiger partial charge in [-0.25, -0.2) is 0 Å². The number of likely N-dealkylation sites (tertiary alicyclic amines) is 1. The van der Waals surface area contributed by atoms with E-state index in [4.69, 9.17) is 9.47 Å². The van der Waals surface area contributed by atoms with Gasteiger partial charge in [0.05, 0.1) is 14.2 Å². The molecule has 0 spiro atoms. The minimum absolute atomic E-state index is 0.0723. The monoisotopic (exact) mass is 380 g/mol. The molecule has 4 rings (SSSR count). The Morgan fingerprint density at radius 2 is 1.79 bits per heavy atom. The van der Waals surface area contributed by atoms with Crippen molar-refractivity contribution in [1.29, 1.82) is 0 Å². The molecule has 0 saturated carbocycles. The molecule has 5 nitrogen and oxygen atoms in total. The fraction of sp³-hybridized carbons (Fsp3) is 0.435. The maximum atomic E-state index is 13.1. The molecule has 0 bridgehead atoms. The summed E-state index contributed by atoms with van der Waals surface area (Å²) in [6.07, 6.45) is 3.29. The molecule has 1 amide bonds. The number of benzene rings is 2. The number of nitrogens with zero attached hydrogens (tertiary/aromatic N) is 2. The molecule has 1 fully saturated rings. The predicted octanol–water partition coefficient (Wildman–Crippen LogP) is 3.37. The van der Waals surface area contributed by atoms with Crippen LogP contribution in [0.2, 0.25) is 0 Å². The maximum Gasteiger partial charge on any atom is 0.254 e. The Kier molecular flexibility index (Phi) is 5.53. The van der Waals surface area contributed by atoms with Gasteiger partial charge in [-0.15, -0.1) is 0 Å². The summed E-state index contributed by atoms with van der Waals surface area (Å²) < 4.78 is 10.6. The average Bonchev–Trinajstić information content (AvgIpc) is 2.77. The van der Waals surface area contributed by atoms with Gasteiger partial charge in [-0.1, -0.05) is 24.3 Å². The van der Waals surface area contributed by atoms with Crippen molar-refractivity contribution in [3.8, 4) is 11.5 Å². The minimum Gasteiger partial charge on any atom is -0.493 e. The topological polar surface area (TPSA) is 42.0 Å². The summed E-state index contributed by atoms with van der Waals surface area (Å²) in [5, 5.41) is 0. The molecule has 0 unspecified atom stereocenters. The molecule has 1 atom stereocenters. The standard InChI is InChI=1S/C23H28N2O3/c1-27-21-10-9-18(14-22(21)28-2)23(26)25-12-5-8-20(16-25)24-13-11-17-6-3-4-7-19(17)15-24/h3-4,6-7,9-10,14,20H,5,8,11-13,15-16H2,1-2H3/t20-/m1/s1. The van der Waals surface area contributed by atoms with Crippen LogP contribution < -0.4 is 9.47 Å². The number of fused-ring (bicyclic) bond motifs is 1. The van der Waals surface area contributed by atoms with Gasteiger partial charge < -0.3 is 14.4 Å². The molecule has 2 aromatic carbocycles. The molecular formula is C23H28N2O3. The van der Waals surface area contributed by atoms with Crippen molar-refractivity contribution in [2.24, 2.45) is 0 Å². The van der Waals surface area contributed by atoms with Crippen molar-refractivity contribution in [1.82, 2.24) is 9.80 Å². The highest BCUT2D eigenvalue weighted by Crippen LogP contribution is 2.29. The second kappa shape index (κ2) is 8.23. The second-order valence-corrected chi connectivity index (χ2v) is 7.61. The van der Waals surface area contributed by atoms with E-state index < -0.39 is 0 Å². The normalized spacial score (nSPS) is 19.8. The lowest BCUT2D eigenvalue weighted by molar-refractivity contribution is 0.0548. The van der Waals surface area contributed by atoms with Crippen molar-refractivity contribution in [2.75, 3.05) is 33.9 Å². The summed E-state index contributed by atoms with van der Waals surface area (Å²) in [7, 11) is 3.20. The molecule has 0 N–H and O–H groups in total. The van der Waals surface area contributed by atoms with Crippen LogP contribution in [0.4, 0.5) is 0 Å². The number of rotatable bonds is 4. The lowest BCUT2D eigenvalue weighted by Gasteiger charge is -2.41. The largest absolute Gasteiger partial charge is 0.493 e. The first-order chi connectivity index (χ1) is 13.7. The minimum atomic E-state index is 0.0723. The van der Waals surface area contributed by atoms with Crippen LogP contribution in [0.5, 0.6) is 11.5 Å². The van der Waals surface area contributed by atoms with Gasteiger partial charge in [0, 0.05) is 37.8 Å². The summed E-state index contributed by atoms with van der Waals surface area (Å²) in [5.74, 6) is 1.31. The Morgan fingerprint density at radius 3 is 2.57 bits per heavy atom. The number of amides is 1. The van der Waals surface area contributed by atoms with Gasteiger partial charge in [-0.05, 0) is 48.6 Å². The van der Waals surface area contributed by atoms with Crippen LogP contribution in [0, 0.1) is 0 Å². The molecule has 0 aromatic heterocycles. The first kappa shape index (κ1) is 18.8. The quantitative estimate of drug-likeness (QED) is 0.816. The summed E-state index contributed by atoms with van der Waals surface area (Å²) in [6.45, 7) is 3.66. The molecule has 2 aliphatic heterocycles. The van der Waals surface area contributed by atoms with Crippen molar-refractivity contribution in [3.63, 3.8) is 0 Å². The number of hydrogen-bond acceptors (Lipinski definition) is 4.